The van der Waals surface area contributed by atoms with Gasteiger partial charge in [-0.1, -0.05) is 20.8 Å². The van der Waals surface area contributed by atoms with E-state index in [1.165, 1.54) is 10.4 Å². The molecule has 20 heavy (non-hydrogen) atoms. The quantitative estimate of drug-likeness (QED) is 0.858. The molecular formula is C14H21NO4S. The van der Waals surface area contributed by atoms with E-state index in [2.05, 4.69) is 0 Å². The van der Waals surface area contributed by atoms with Crippen molar-refractivity contribution in [2.45, 2.75) is 25.7 Å². The highest BCUT2D eigenvalue weighted by Crippen LogP contribution is 2.33. The fourth-order valence-corrected chi connectivity index (χ4v) is 3.53. The molecule has 0 radical (unpaired) electrons. The third kappa shape index (κ3) is 3.24. The lowest BCUT2D eigenvalue weighted by Crippen LogP contribution is -2.34. The molecule has 5 nitrogen and oxygen atoms in total. The van der Waals surface area contributed by atoms with Crippen molar-refractivity contribution in [3.8, 4) is 11.5 Å². The van der Waals surface area contributed by atoms with Crippen LogP contribution < -0.4 is 9.47 Å². The van der Waals surface area contributed by atoms with E-state index in [1.54, 1.807) is 19.2 Å². The van der Waals surface area contributed by atoms with Crippen LogP contribution in [0.15, 0.2) is 23.1 Å². The van der Waals surface area contributed by atoms with Gasteiger partial charge in [0.05, 0.1) is 4.90 Å². The van der Waals surface area contributed by atoms with Gasteiger partial charge >= 0.3 is 0 Å². The first-order valence-electron chi connectivity index (χ1n) is 6.56. The predicted octanol–water partition coefficient (Wildman–Crippen LogP) is 2.12. The molecule has 0 amide bonds. The SMILES string of the molecule is CN(CC(C)(C)C)S(=O)(=O)c1ccc2c(c1)OCCO2. The highest BCUT2D eigenvalue weighted by molar-refractivity contribution is 7.89. The first-order chi connectivity index (χ1) is 9.20. The predicted molar refractivity (Wildman–Crippen MR) is 76.7 cm³/mol. The topological polar surface area (TPSA) is 55.8 Å². The number of hydrogen-bond acceptors (Lipinski definition) is 4. The molecule has 0 aromatic heterocycles. The summed E-state index contributed by atoms with van der Waals surface area (Å²) < 4.78 is 37.3. The second kappa shape index (κ2) is 5.26. The zero-order chi connectivity index (χ0) is 15.0. The highest BCUT2D eigenvalue weighted by atomic mass is 32.2. The molecule has 0 unspecified atom stereocenters. The number of fused-ring (bicyclic) bond motifs is 1. The van der Waals surface area contributed by atoms with Gasteiger partial charge in [-0.2, -0.15) is 0 Å². The molecule has 1 aromatic carbocycles. The van der Waals surface area contributed by atoms with E-state index in [9.17, 15) is 8.42 Å². The van der Waals surface area contributed by atoms with Gasteiger partial charge in [-0.15, -0.1) is 0 Å². The van der Waals surface area contributed by atoms with Crippen molar-refractivity contribution in [1.82, 2.24) is 4.31 Å². The minimum Gasteiger partial charge on any atom is -0.486 e. The van der Waals surface area contributed by atoms with Crippen LogP contribution in [-0.4, -0.2) is 39.5 Å². The van der Waals surface area contributed by atoms with Crippen LogP contribution in [0.4, 0.5) is 0 Å². The summed E-state index contributed by atoms with van der Waals surface area (Å²) in [5.41, 5.74) is -0.102. The molecule has 0 fully saturated rings. The second-order valence-electron chi connectivity index (χ2n) is 6.13. The Hall–Kier alpha value is -1.27. The van der Waals surface area contributed by atoms with E-state index >= 15 is 0 Å². The lowest BCUT2D eigenvalue weighted by molar-refractivity contribution is 0.171. The number of benzene rings is 1. The molecule has 0 aliphatic carbocycles. The van der Waals surface area contributed by atoms with Crippen LogP contribution in [0.25, 0.3) is 0 Å². The van der Waals surface area contributed by atoms with Crippen molar-refractivity contribution < 1.29 is 17.9 Å². The Morgan fingerprint density at radius 1 is 1.15 bits per heavy atom. The Labute approximate surface area is 120 Å². The minimum absolute atomic E-state index is 0.102. The third-order valence-corrected chi connectivity index (χ3v) is 4.72. The first-order valence-corrected chi connectivity index (χ1v) is 8.00. The van der Waals surface area contributed by atoms with E-state index < -0.39 is 10.0 Å². The summed E-state index contributed by atoms with van der Waals surface area (Å²) in [6.45, 7) is 7.38. The molecule has 1 aromatic rings. The van der Waals surface area contributed by atoms with Crippen LogP contribution in [0, 0.1) is 5.41 Å². The Balaban J connectivity index is 2.30. The van der Waals surface area contributed by atoms with Gasteiger partial charge in [-0.3, -0.25) is 0 Å². The number of nitrogens with zero attached hydrogens (tertiary/aromatic N) is 1. The van der Waals surface area contributed by atoms with Crippen molar-refractivity contribution in [1.29, 1.82) is 0 Å². The summed E-state index contributed by atoms with van der Waals surface area (Å²) >= 11 is 0. The fourth-order valence-electron chi connectivity index (χ4n) is 2.12. The molecule has 1 heterocycles. The van der Waals surface area contributed by atoms with Gasteiger partial charge in [0.25, 0.3) is 0 Å². The molecule has 6 heteroatoms. The Bertz CT molecular complexity index is 590. The van der Waals surface area contributed by atoms with Crippen LogP contribution in [0.5, 0.6) is 11.5 Å². The summed E-state index contributed by atoms with van der Waals surface area (Å²) in [6, 6.07) is 4.73. The van der Waals surface area contributed by atoms with E-state index in [0.29, 0.717) is 31.3 Å². The largest absolute Gasteiger partial charge is 0.486 e. The average Bonchev–Trinajstić information content (AvgIpc) is 2.36. The molecular weight excluding hydrogens is 278 g/mol. The average molecular weight is 299 g/mol. The maximum absolute atomic E-state index is 12.5. The van der Waals surface area contributed by atoms with Crippen LogP contribution in [-0.2, 0) is 10.0 Å². The molecule has 0 spiro atoms. The summed E-state index contributed by atoms with van der Waals surface area (Å²) in [4.78, 5) is 0.230. The first kappa shape index (κ1) is 15.1. The van der Waals surface area contributed by atoms with Crippen LogP contribution in [0.1, 0.15) is 20.8 Å². The van der Waals surface area contributed by atoms with E-state index in [-0.39, 0.29) is 10.3 Å². The van der Waals surface area contributed by atoms with E-state index in [4.69, 9.17) is 9.47 Å². The molecule has 0 atom stereocenters. The molecule has 2 rings (SSSR count). The van der Waals surface area contributed by atoms with Crippen molar-refractivity contribution in [3.63, 3.8) is 0 Å². The van der Waals surface area contributed by atoms with Crippen LogP contribution in [0.2, 0.25) is 0 Å². The van der Waals surface area contributed by atoms with Gasteiger partial charge in [0.1, 0.15) is 13.2 Å². The number of sulfonamides is 1. The maximum atomic E-state index is 12.5. The molecule has 1 aliphatic heterocycles. The van der Waals surface area contributed by atoms with Gasteiger partial charge in [-0.25, -0.2) is 12.7 Å². The fraction of sp³-hybridized carbons (Fsp3) is 0.571. The zero-order valence-corrected chi connectivity index (χ0v) is 13.2. The van der Waals surface area contributed by atoms with E-state index in [1.807, 2.05) is 20.8 Å². The standard InChI is InChI=1S/C14H21NO4S/c1-14(2,3)10-15(4)20(16,17)11-5-6-12-13(9-11)19-8-7-18-12/h5-6,9H,7-8,10H2,1-4H3. The van der Waals surface area contributed by atoms with Gasteiger partial charge in [0.2, 0.25) is 10.0 Å². The van der Waals surface area contributed by atoms with Crippen molar-refractivity contribution in [2.75, 3.05) is 26.8 Å². The molecule has 0 N–H and O–H groups in total. The van der Waals surface area contributed by atoms with Crippen LogP contribution in [0.3, 0.4) is 0 Å². The minimum atomic E-state index is -3.51. The van der Waals surface area contributed by atoms with Crippen molar-refractivity contribution in [2.24, 2.45) is 5.41 Å². The van der Waals surface area contributed by atoms with Crippen molar-refractivity contribution in [3.05, 3.63) is 18.2 Å². The third-order valence-electron chi connectivity index (χ3n) is 2.92. The van der Waals surface area contributed by atoms with Gasteiger partial charge in [-0.05, 0) is 17.5 Å². The molecule has 1 aliphatic rings. The summed E-state index contributed by atoms with van der Waals surface area (Å²) in [7, 11) is -1.91. The summed E-state index contributed by atoms with van der Waals surface area (Å²) in [5.74, 6) is 1.08. The summed E-state index contributed by atoms with van der Waals surface area (Å²) in [5, 5.41) is 0. The highest BCUT2D eigenvalue weighted by Gasteiger charge is 2.26. The normalized spacial score (nSPS) is 15.4. The van der Waals surface area contributed by atoms with Crippen molar-refractivity contribution >= 4 is 10.0 Å². The lowest BCUT2D eigenvalue weighted by atomic mass is 9.97. The number of ether oxygens (including phenoxy) is 2. The Kier molecular flexibility index (Phi) is 3.97. The maximum Gasteiger partial charge on any atom is 0.242 e. The molecule has 0 bridgehead atoms. The number of rotatable bonds is 3. The van der Waals surface area contributed by atoms with E-state index in [0.717, 1.165) is 0 Å². The lowest BCUT2D eigenvalue weighted by Gasteiger charge is -2.26. The monoisotopic (exact) mass is 299 g/mol. The second-order valence-corrected chi connectivity index (χ2v) is 8.17. The molecule has 112 valence electrons. The Morgan fingerprint density at radius 2 is 1.75 bits per heavy atom. The van der Waals surface area contributed by atoms with Gasteiger partial charge < -0.3 is 9.47 Å². The smallest absolute Gasteiger partial charge is 0.242 e. The molecule has 0 saturated heterocycles. The van der Waals surface area contributed by atoms with Gasteiger partial charge in [0.15, 0.2) is 11.5 Å². The Morgan fingerprint density at radius 3 is 2.35 bits per heavy atom. The molecule has 0 saturated carbocycles. The van der Waals surface area contributed by atoms with Crippen LogP contribution >= 0.6 is 0 Å². The summed E-state index contributed by atoms with van der Waals surface area (Å²) in [6.07, 6.45) is 0. The van der Waals surface area contributed by atoms with Gasteiger partial charge in [0, 0.05) is 19.7 Å². The zero-order valence-electron chi connectivity index (χ0n) is 12.3. The number of hydrogen-bond donors (Lipinski definition) is 0.